The Morgan fingerprint density at radius 1 is 1.00 bits per heavy atom. The lowest BCUT2D eigenvalue weighted by Crippen LogP contribution is -2.34. The van der Waals surface area contributed by atoms with Crippen LogP contribution in [0.2, 0.25) is 0 Å². The van der Waals surface area contributed by atoms with E-state index in [1.807, 2.05) is 0 Å². The lowest BCUT2D eigenvalue weighted by atomic mass is 10.1. The number of nitrogens with zero attached hydrogens (tertiary/aromatic N) is 3. The van der Waals surface area contributed by atoms with Crippen LogP contribution in [-0.4, -0.2) is 21.3 Å². The molecule has 21 heavy (non-hydrogen) atoms. The zero-order chi connectivity index (χ0) is 14.9. The molecular formula is C17H32N4. The molecule has 1 N–H and O–H groups in total. The van der Waals surface area contributed by atoms with E-state index in [2.05, 4.69) is 33.9 Å². The summed E-state index contributed by atoms with van der Waals surface area (Å²) in [6.07, 6.45) is 12.9. The van der Waals surface area contributed by atoms with Crippen LogP contribution < -0.4 is 5.32 Å². The van der Waals surface area contributed by atoms with Gasteiger partial charge in [0.25, 0.3) is 0 Å². The van der Waals surface area contributed by atoms with Crippen molar-refractivity contribution in [3.63, 3.8) is 0 Å². The van der Waals surface area contributed by atoms with Crippen molar-refractivity contribution in [3.8, 4) is 0 Å². The summed E-state index contributed by atoms with van der Waals surface area (Å²) in [7, 11) is 0. The Kier molecular flexibility index (Phi) is 7.20. The van der Waals surface area contributed by atoms with E-state index in [0.717, 1.165) is 25.9 Å². The third kappa shape index (κ3) is 4.80. The lowest BCUT2D eigenvalue weighted by molar-refractivity contribution is 0.387. The second-order valence-electron chi connectivity index (χ2n) is 6.29. The molecule has 0 aromatic carbocycles. The molecule has 2 rings (SSSR count). The van der Waals surface area contributed by atoms with Crippen molar-refractivity contribution in [2.45, 2.75) is 90.6 Å². The first-order valence-electron chi connectivity index (χ1n) is 9.02. The standard InChI is InChI=1S/C17H32N4/c1-3-5-6-7-8-9-10-12-16-19-20-17-15(11-4-2)18-13-14-21(16)17/h15,18H,3-14H2,1-2H3. The molecule has 0 bridgehead atoms. The van der Waals surface area contributed by atoms with Gasteiger partial charge in [-0.15, -0.1) is 10.2 Å². The average molecular weight is 292 g/mol. The van der Waals surface area contributed by atoms with Gasteiger partial charge in [0.2, 0.25) is 0 Å². The molecule has 0 fully saturated rings. The van der Waals surface area contributed by atoms with Crippen molar-refractivity contribution in [2.24, 2.45) is 0 Å². The number of hydrogen-bond donors (Lipinski definition) is 1. The normalized spacial score (nSPS) is 17.9. The van der Waals surface area contributed by atoms with Crippen LogP contribution >= 0.6 is 0 Å². The molecule has 0 radical (unpaired) electrons. The second-order valence-corrected chi connectivity index (χ2v) is 6.29. The van der Waals surface area contributed by atoms with Crippen LogP contribution in [0, 0.1) is 0 Å². The highest BCUT2D eigenvalue weighted by atomic mass is 15.3. The fourth-order valence-corrected chi connectivity index (χ4v) is 3.24. The average Bonchev–Trinajstić information content (AvgIpc) is 2.91. The predicted octanol–water partition coefficient (Wildman–Crippen LogP) is 4.02. The van der Waals surface area contributed by atoms with Gasteiger partial charge in [-0.2, -0.15) is 0 Å². The lowest BCUT2D eigenvalue weighted by Gasteiger charge is -2.24. The molecule has 2 heterocycles. The first-order valence-corrected chi connectivity index (χ1v) is 9.02. The maximum absolute atomic E-state index is 4.45. The van der Waals surface area contributed by atoms with E-state index in [-0.39, 0.29) is 0 Å². The highest BCUT2D eigenvalue weighted by Gasteiger charge is 2.23. The summed E-state index contributed by atoms with van der Waals surface area (Å²) in [5, 5.41) is 12.5. The molecule has 1 aliphatic heterocycles. The monoisotopic (exact) mass is 292 g/mol. The molecule has 0 saturated carbocycles. The van der Waals surface area contributed by atoms with Crippen molar-refractivity contribution in [1.29, 1.82) is 0 Å². The Morgan fingerprint density at radius 2 is 1.76 bits per heavy atom. The number of fused-ring (bicyclic) bond motifs is 1. The van der Waals surface area contributed by atoms with Gasteiger partial charge in [-0.05, 0) is 12.8 Å². The van der Waals surface area contributed by atoms with Crippen molar-refractivity contribution in [2.75, 3.05) is 6.54 Å². The number of aryl methyl sites for hydroxylation is 1. The number of unbranched alkanes of at least 4 members (excludes halogenated alkanes) is 6. The summed E-state index contributed by atoms with van der Waals surface area (Å²) in [6, 6.07) is 0.416. The minimum absolute atomic E-state index is 0.416. The molecular weight excluding hydrogens is 260 g/mol. The first kappa shape index (κ1) is 16.5. The fourth-order valence-electron chi connectivity index (χ4n) is 3.24. The van der Waals surface area contributed by atoms with Crippen molar-refractivity contribution < 1.29 is 0 Å². The number of nitrogens with one attached hydrogen (secondary N) is 1. The quantitative estimate of drug-likeness (QED) is 0.662. The summed E-state index contributed by atoms with van der Waals surface area (Å²) in [6.45, 7) is 6.60. The molecule has 4 heteroatoms. The van der Waals surface area contributed by atoms with Gasteiger partial charge in [-0.25, -0.2) is 0 Å². The van der Waals surface area contributed by atoms with E-state index in [4.69, 9.17) is 0 Å². The topological polar surface area (TPSA) is 42.7 Å². The Morgan fingerprint density at radius 3 is 2.52 bits per heavy atom. The zero-order valence-electron chi connectivity index (χ0n) is 13.9. The third-order valence-electron chi connectivity index (χ3n) is 4.48. The van der Waals surface area contributed by atoms with Crippen LogP contribution in [0.25, 0.3) is 0 Å². The minimum Gasteiger partial charge on any atom is -0.312 e. The molecule has 1 unspecified atom stereocenters. The van der Waals surface area contributed by atoms with Crippen molar-refractivity contribution in [3.05, 3.63) is 11.6 Å². The van der Waals surface area contributed by atoms with E-state index in [1.54, 1.807) is 0 Å². The van der Waals surface area contributed by atoms with E-state index in [9.17, 15) is 0 Å². The number of hydrogen-bond acceptors (Lipinski definition) is 3. The van der Waals surface area contributed by atoms with Crippen LogP contribution in [0.4, 0.5) is 0 Å². The van der Waals surface area contributed by atoms with Crippen LogP contribution in [0.5, 0.6) is 0 Å². The number of aromatic nitrogens is 3. The smallest absolute Gasteiger partial charge is 0.150 e. The number of rotatable bonds is 10. The highest BCUT2D eigenvalue weighted by molar-refractivity contribution is 5.04. The molecule has 120 valence electrons. The highest BCUT2D eigenvalue weighted by Crippen LogP contribution is 2.21. The minimum atomic E-state index is 0.416. The van der Waals surface area contributed by atoms with Gasteiger partial charge in [-0.1, -0.05) is 58.8 Å². The van der Waals surface area contributed by atoms with E-state index >= 15 is 0 Å². The summed E-state index contributed by atoms with van der Waals surface area (Å²) < 4.78 is 2.37. The molecule has 1 aromatic rings. The Bertz CT molecular complexity index is 399. The Balaban J connectivity index is 1.74. The SMILES string of the molecule is CCCCCCCCCc1nnc2n1CCNC2CCC. The largest absolute Gasteiger partial charge is 0.312 e. The van der Waals surface area contributed by atoms with Crippen LogP contribution in [0.1, 0.15) is 89.3 Å². The first-order chi connectivity index (χ1) is 10.4. The van der Waals surface area contributed by atoms with Gasteiger partial charge >= 0.3 is 0 Å². The van der Waals surface area contributed by atoms with Gasteiger partial charge < -0.3 is 9.88 Å². The van der Waals surface area contributed by atoms with Gasteiger partial charge in [-0.3, -0.25) is 0 Å². The molecule has 0 aliphatic carbocycles. The van der Waals surface area contributed by atoms with Gasteiger partial charge in [0.05, 0.1) is 6.04 Å². The van der Waals surface area contributed by atoms with Crippen LogP contribution in [-0.2, 0) is 13.0 Å². The van der Waals surface area contributed by atoms with E-state index in [1.165, 1.54) is 63.0 Å². The maximum Gasteiger partial charge on any atom is 0.150 e. The molecule has 0 spiro atoms. The maximum atomic E-state index is 4.45. The molecule has 4 nitrogen and oxygen atoms in total. The summed E-state index contributed by atoms with van der Waals surface area (Å²) in [4.78, 5) is 0. The Labute approximate surface area is 129 Å². The van der Waals surface area contributed by atoms with Gasteiger partial charge in [0.15, 0.2) is 0 Å². The third-order valence-corrected chi connectivity index (χ3v) is 4.48. The van der Waals surface area contributed by atoms with Crippen molar-refractivity contribution in [1.82, 2.24) is 20.1 Å². The molecule has 1 atom stereocenters. The summed E-state index contributed by atoms with van der Waals surface area (Å²) >= 11 is 0. The van der Waals surface area contributed by atoms with Crippen molar-refractivity contribution >= 4 is 0 Å². The summed E-state index contributed by atoms with van der Waals surface area (Å²) in [5.41, 5.74) is 0. The Hall–Kier alpha value is -0.900. The summed E-state index contributed by atoms with van der Waals surface area (Å²) in [5.74, 6) is 2.38. The van der Waals surface area contributed by atoms with E-state index < -0.39 is 0 Å². The van der Waals surface area contributed by atoms with Crippen LogP contribution in [0.3, 0.4) is 0 Å². The molecule has 0 saturated heterocycles. The fraction of sp³-hybridized carbons (Fsp3) is 0.882. The van der Waals surface area contributed by atoms with Gasteiger partial charge in [0.1, 0.15) is 11.6 Å². The predicted molar refractivity (Wildman–Crippen MR) is 87.4 cm³/mol. The van der Waals surface area contributed by atoms with E-state index in [0.29, 0.717) is 6.04 Å². The van der Waals surface area contributed by atoms with Gasteiger partial charge in [0, 0.05) is 19.5 Å². The van der Waals surface area contributed by atoms with Crippen LogP contribution in [0.15, 0.2) is 0 Å². The zero-order valence-corrected chi connectivity index (χ0v) is 13.9. The molecule has 1 aromatic heterocycles. The second kappa shape index (κ2) is 9.19. The molecule has 0 amide bonds. The molecule has 1 aliphatic rings.